The lowest BCUT2D eigenvalue weighted by molar-refractivity contribution is -0.385. The van der Waals surface area contributed by atoms with Crippen LogP contribution in [-0.2, 0) is 16.1 Å². The van der Waals surface area contributed by atoms with E-state index in [-0.39, 0.29) is 29.4 Å². The van der Waals surface area contributed by atoms with Crippen molar-refractivity contribution in [3.05, 3.63) is 93.8 Å². The number of nitro groups is 1. The van der Waals surface area contributed by atoms with Gasteiger partial charge in [-0.2, -0.15) is 0 Å². The van der Waals surface area contributed by atoms with E-state index in [1.54, 1.807) is 19.1 Å². The number of carboxylic acid groups (broad SMARTS) is 1. The number of carbonyl (C=O) groups excluding carboxylic acids is 1. The summed E-state index contributed by atoms with van der Waals surface area (Å²) in [7, 11) is 0. The summed E-state index contributed by atoms with van der Waals surface area (Å²) in [5.41, 5.74) is 1.87. The Bertz CT molecular complexity index is 1300. The van der Waals surface area contributed by atoms with Crippen molar-refractivity contribution in [3.63, 3.8) is 0 Å². The molecular weight excluding hydrogens is 580 g/mol. The van der Waals surface area contributed by atoms with Gasteiger partial charge in [-0.3, -0.25) is 19.7 Å². The number of hydrogen-bond acceptors (Lipinski definition) is 9. The van der Waals surface area contributed by atoms with Crippen LogP contribution in [0.5, 0.6) is 11.5 Å². The summed E-state index contributed by atoms with van der Waals surface area (Å²) in [6.07, 6.45) is 6.04. The Kier molecular flexibility index (Phi) is 19.4. The third-order valence-electron chi connectivity index (χ3n) is 6.06. The summed E-state index contributed by atoms with van der Waals surface area (Å²) >= 11 is 0. The maximum Gasteiger partial charge on any atom is 0.325 e. The average Bonchev–Trinajstić information content (AvgIpc) is 2.98. The summed E-state index contributed by atoms with van der Waals surface area (Å²) in [5.74, 6) is -1.41. The van der Waals surface area contributed by atoms with E-state index in [1.165, 1.54) is 36.8 Å². The molecule has 0 radical (unpaired) electrons. The molecule has 0 bridgehead atoms. The van der Waals surface area contributed by atoms with Crippen LogP contribution in [0.25, 0.3) is 0 Å². The molecule has 0 saturated carbocycles. The molecule has 0 aliphatic carbocycles. The van der Waals surface area contributed by atoms with Crippen LogP contribution >= 0.6 is 0 Å². The van der Waals surface area contributed by atoms with E-state index in [9.17, 15) is 29.9 Å². The van der Waals surface area contributed by atoms with E-state index >= 15 is 0 Å². The van der Waals surface area contributed by atoms with Crippen LogP contribution in [0, 0.1) is 10.1 Å². The topological polar surface area (TPSA) is 174 Å². The van der Waals surface area contributed by atoms with Gasteiger partial charge in [-0.15, -0.1) is 0 Å². The Morgan fingerprint density at radius 1 is 1.11 bits per heavy atom. The van der Waals surface area contributed by atoms with Crippen molar-refractivity contribution in [1.82, 2.24) is 10.6 Å². The van der Waals surface area contributed by atoms with Crippen LogP contribution < -0.4 is 15.5 Å². The molecular formula is C33H48N4O8. The first kappa shape index (κ1) is 40.2. The molecule has 2 rings (SSSR count). The number of benzene rings is 2. The second-order valence-electron chi connectivity index (χ2n) is 9.94. The number of amides is 1. The molecule has 0 heterocycles. The summed E-state index contributed by atoms with van der Waals surface area (Å²) in [5, 5.41) is 44.3. The van der Waals surface area contributed by atoms with Crippen molar-refractivity contribution in [1.29, 1.82) is 0 Å². The minimum absolute atomic E-state index is 0.0289. The highest BCUT2D eigenvalue weighted by molar-refractivity contribution is 6.00. The predicted octanol–water partition coefficient (Wildman–Crippen LogP) is 5.91. The number of rotatable bonds is 14. The number of aliphatic carboxylic acids is 1. The van der Waals surface area contributed by atoms with Crippen LogP contribution in [0.4, 0.5) is 11.4 Å². The zero-order valence-electron chi connectivity index (χ0n) is 27.3. The van der Waals surface area contributed by atoms with Crippen molar-refractivity contribution in [2.45, 2.75) is 61.1 Å². The van der Waals surface area contributed by atoms with E-state index in [1.807, 2.05) is 37.8 Å². The van der Waals surface area contributed by atoms with Gasteiger partial charge < -0.3 is 35.6 Å². The number of nitro benzene ring substituents is 1. The van der Waals surface area contributed by atoms with Crippen molar-refractivity contribution in [2.75, 3.05) is 31.1 Å². The van der Waals surface area contributed by atoms with E-state index in [4.69, 9.17) is 9.84 Å². The number of aromatic hydroxyl groups is 2. The minimum atomic E-state index is -1.22. The molecule has 0 aromatic heterocycles. The third kappa shape index (κ3) is 16.0. The molecule has 1 amide bonds. The highest BCUT2D eigenvalue weighted by Crippen LogP contribution is 2.27. The highest BCUT2D eigenvalue weighted by atomic mass is 16.6. The van der Waals surface area contributed by atoms with E-state index in [0.29, 0.717) is 30.1 Å². The second kappa shape index (κ2) is 21.8. The molecule has 0 aliphatic heterocycles. The largest absolute Gasteiger partial charge is 0.507 e. The number of phenols is 2. The van der Waals surface area contributed by atoms with Gasteiger partial charge in [-0.25, -0.2) is 0 Å². The first-order valence-electron chi connectivity index (χ1n) is 14.5. The Labute approximate surface area is 265 Å². The summed E-state index contributed by atoms with van der Waals surface area (Å²) < 4.78 is 5.08. The summed E-state index contributed by atoms with van der Waals surface area (Å²) in [6.45, 7) is 19.7. The molecule has 0 fully saturated rings. The van der Waals surface area contributed by atoms with Gasteiger partial charge in [0.05, 0.1) is 16.2 Å². The first-order chi connectivity index (χ1) is 21.2. The first-order valence-corrected chi connectivity index (χ1v) is 14.5. The Balaban J connectivity index is 0.000000883. The predicted molar refractivity (Wildman–Crippen MR) is 178 cm³/mol. The lowest BCUT2D eigenvalue weighted by atomic mass is 10.1. The number of likely N-dealkylation sites (N-methyl/N-ethyl adjacent to an activating group) is 2. The number of anilines is 1. The minimum Gasteiger partial charge on any atom is -0.507 e. The molecule has 12 heteroatoms. The summed E-state index contributed by atoms with van der Waals surface area (Å²) in [6, 6.07) is 7.67. The monoisotopic (exact) mass is 628 g/mol. The number of ether oxygens (including phenoxy) is 1. The zero-order chi connectivity index (χ0) is 34.5. The van der Waals surface area contributed by atoms with Crippen molar-refractivity contribution < 1.29 is 34.6 Å². The Morgan fingerprint density at radius 3 is 2.18 bits per heavy atom. The molecule has 5 N–H and O–H groups in total. The van der Waals surface area contributed by atoms with Crippen molar-refractivity contribution in [2.24, 2.45) is 0 Å². The van der Waals surface area contributed by atoms with Crippen LogP contribution in [0.3, 0.4) is 0 Å². The molecule has 2 aromatic rings. The number of hydrogen-bond donors (Lipinski definition) is 5. The second-order valence-corrected chi connectivity index (χ2v) is 9.94. The lowest BCUT2D eigenvalue weighted by Gasteiger charge is -2.22. The lowest BCUT2D eigenvalue weighted by Crippen LogP contribution is -2.38. The van der Waals surface area contributed by atoms with Gasteiger partial charge in [0.2, 0.25) is 0 Å². The molecule has 1 atom stereocenters. The number of carbonyl (C=O) groups is 2. The van der Waals surface area contributed by atoms with Gasteiger partial charge in [0.15, 0.2) is 0 Å². The van der Waals surface area contributed by atoms with Crippen LogP contribution in [-0.4, -0.2) is 64.3 Å². The number of nitrogens with zero attached hydrogens (tertiary/aromatic N) is 2. The number of carboxylic acids is 1. The molecule has 1 unspecified atom stereocenters. The van der Waals surface area contributed by atoms with Gasteiger partial charge in [-0.1, -0.05) is 43.4 Å². The molecule has 45 heavy (non-hydrogen) atoms. The maximum atomic E-state index is 12.4. The third-order valence-corrected chi connectivity index (χ3v) is 6.06. The van der Waals surface area contributed by atoms with Crippen molar-refractivity contribution in [3.8, 4) is 11.5 Å². The quantitative estimate of drug-likeness (QED) is 0.0556. The molecule has 2 aromatic carbocycles. The number of allylic oxidation sites excluding steroid dienone is 3. The highest BCUT2D eigenvalue weighted by Gasteiger charge is 2.24. The van der Waals surface area contributed by atoms with Gasteiger partial charge in [0.25, 0.3) is 11.6 Å². The van der Waals surface area contributed by atoms with Gasteiger partial charge in [-0.05, 0) is 72.4 Å². The Morgan fingerprint density at radius 2 is 1.71 bits per heavy atom. The smallest absolute Gasteiger partial charge is 0.325 e. The molecule has 12 nitrogen and oxygen atoms in total. The number of phenolic OH excluding ortho intramolecular Hbond substituents is 2. The fourth-order valence-corrected chi connectivity index (χ4v) is 3.23. The van der Waals surface area contributed by atoms with E-state index in [2.05, 4.69) is 37.1 Å². The van der Waals surface area contributed by atoms with Gasteiger partial charge in [0, 0.05) is 31.4 Å². The molecule has 0 spiro atoms. The molecule has 0 saturated heterocycles. The fourth-order valence-electron chi connectivity index (χ4n) is 3.23. The zero-order valence-corrected chi connectivity index (χ0v) is 27.3. The SMILES string of the molecule is C=C(C)OCc1c(O)cccc1O.CC=C(C)C.CCNC/C=C/CN(CC)c1ccc([N+](=O)[O-])c(C(=O)NC(C)C(=O)O)c1. The van der Waals surface area contributed by atoms with Gasteiger partial charge >= 0.3 is 5.97 Å². The summed E-state index contributed by atoms with van der Waals surface area (Å²) in [4.78, 5) is 35.8. The molecule has 0 aliphatic rings. The van der Waals surface area contributed by atoms with E-state index < -0.39 is 22.8 Å². The fraction of sp³-hybridized carbons (Fsp3) is 0.394. The Hall–Kier alpha value is -4.84. The number of nitrogens with one attached hydrogen (secondary N) is 2. The van der Waals surface area contributed by atoms with Gasteiger partial charge in [0.1, 0.15) is 29.7 Å². The average molecular weight is 629 g/mol. The molecule has 248 valence electrons. The van der Waals surface area contributed by atoms with Crippen LogP contribution in [0.15, 0.2) is 72.5 Å². The van der Waals surface area contributed by atoms with Crippen LogP contribution in [0.1, 0.15) is 64.4 Å². The van der Waals surface area contributed by atoms with Crippen LogP contribution in [0.2, 0.25) is 0 Å². The normalized spacial score (nSPS) is 10.7. The van der Waals surface area contributed by atoms with E-state index in [0.717, 1.165) is 13.1 Å². The standard InChI is InChI=1S/C18H26N4O5.C10H12O3.C5H10/c1-4-19-10-6-7-11-21(5-2)14-8-9-16(22(26)27)15(12-14)17(23)20-13(3)18(24)25;1-7(2)13-6-8-9(11)4-3-5-10(8)12;1-4-5(2)3/h6-9,12-13,19H,4-5,10-11H2,1-3H3,(H,20,23)(H,24,25);3-5,11-12H,1,6H2,2H3;4H,1-3H3/b7-6+;;. The maximum absolute atomic E-state index is 12.4. The van der Waals surface area contributed by atoms with Crippen molar-refractivity contribution >= 4 is 23.3 Å².